The van der Waals surface area contributed by atoms with Crippen LogP contribution in [-0.4, -0.2) is 24.6 Å². The van der Waals surface area contributed by atoms with Gasteiger partial charge in [0.1, 0.15) is 12.4 Å². The predicted molar refractivity (Wildman–Crippen MR) is 69.1 cm³/mol. The van der Waals surface area contributed by atoms with Crippen LogP contribution in [0.4, 0.5) is 5.69 Å². The van der Waals surface area contributed by atoms with Crippen LogP contribution in [0.3, 0.4) is 0 Å². The van der Waals surface area contributed by atoms with Crippen LogP contribution >= 0.6 is 0 Å². The number of aryl methyl sites for hydroxylation is 1. The van der Waals surface area contributed by atoms with E-state index in [0.717, 1.165) is 0 Å². The van der Waals surface area contributed by atoms with Crippen molar-refractivity contribution in [3.63, 3.8) is 0 Å². The Balaban J connectivity index is 2.82. The monoisotopic (exact) mass is 267 g/mol. The summed E-state index contributed by atoms with van der Waals surface area (Å²) < 4.78 is 10.1. The van der Waals surface area contributed by atoms with Crippen molar-refractivity contribution >= 4 is 11.7 Å². The highest BCUT2D eigenvalue weighted by atomic mass is 16.6. The largest absolute Gasteiger partial charge is 0.492 e. The van der Waals surface area contributed by atoms with E-state index in [1.807, 2.05) is 0 Å². The highest BCUT2D eigenvalue weighted by Gasteiger charge is 2.30. The summed E-state index contributed by atoms with van der Waals surface area (Å²) in [5, 5.41) is 10.8. The van der Waals surface area contributed by atoms with E-state index < -0.39 is 16.3 Å². The fourth-order valence-corrected chi connectivity index (χ4v) is 1.47. The second-order valence-electron chi connectivity index (χ2n) is 4.87. The summed E-state index contributed by atoms with van der Waals surface area (Å²) in [4.78, 5) is 21.8. The van der Waals surface area contributed by atoms with Crippen molar-refractivity contribution in [1.29, 1.82) is 0 Å². The van der Waals surface area contributed by atoms with Gasteiger partial charge in [0.05, 0.1) is 23.5 Å². The van der Waals surface area contributed by atoms with Crippen LogP contribution < -0.4 is 4.74 Å². The first-order valence-electron chi connectivity index (χ1n) is 5.74. The molecule has 0 saturated heterocycles. The number of nitro groups is 1. The number of nitro benzene ring substituents is 1. The summed E-state index contributed by atoms with van der Waals surface area (Å²) in [5.41, 5.74) is -0.257. The maximum Gasteiger partial charge on any atom is 0.314 e. The second-order valence-corrected chi connectivity index (χ2v) is 4.87. The molecule has 6 nitrogen and oxygen atoms in total. The first-order valence-corrected chi connectivity index (χ1v) is 5.74. The molecule has 0 fully saturated rings. The molecule has 1 aromatic rings. The third-order valence-corrected chi connectivity index (χ3v) is 2.71. The molecule has 0 unspecified atom stereocenters. The Morgan fingerprint density at radius 2 is 2.05 bits per heavy atom. The number of esters is 1. The van der Waals surface area contributed by atoms with E-state index in [-0.39, 0.29) is 12.3 Å². The van der Waals surface area contributed by atoms with E-state index in [0.29, 0.717) is 11.3 Å². The van der Waals surface area contributed by atoms with E-state index >= 15 is 0 Å². The van der Waals surface area contributed by atoms with Gasteiger partial charge < -0.3 is 9.47 Å². The molecule has 0 heterocycles. The number of carbonyl (C=O) groups is 1. The van der Waals surface area contributed by atoms with Crippen molar-refractivity contribution < 1.29 is 19.2 Å². The quantitative estimate of drug-likeness (QED) is 0.465. The van der Waals surface area contributed by atoms with Crippen LogP contribution in [0.2, 0.25) is 0 Å². The normalized spacial score (nSPS) is 10.9. The number of ether oxygens (including phenoxy) is 2. The van der Waals surface area contributed by atoms with Gasteiger partial charge in [-0.25, -0.2) is 0 Å². The SMILES string of the molecule is COC(=O)C(C)(C)COc1ccc(C)c([N+](=O)[O-])c1. The minimum absolute atomic E-state index is 0.00614. The molecule has 0 spiro atoms. The highest BCUT2D eigenvalue weighted by Crippen LogP contribution is 2.26. The fourth-order valence-electron chi connectivity index (χ4n) is 1.47. The summed E-state index contributed by atoms with van der Waals surface area (Å²) >= 11 is 0. The van der Waals surface area contributed by atoms with Gasteiger partial charge in [-0.3, -0.25) is 14.9 Å². The molecule has 0 bridgehead atoms. The van der Waals surface area contributed by atoms with Crippen LogP contribution in [-0.2, 0) is 9.53 Å². The summed E-state index contributed by atoms with van der Waals surface area (Å²) in [6.07, 6.45) is 0. The number of carbonyl (C=O) groups excluding carboxylic acids is 1. The van der Waals surface area contributed by atoms with Crippen LogP contribution in [0.1, 0.15) is 19.4 Å². The molecule has 104 valence electrons. The number of rotatable bonds is 5. The Morgan fingerprint density at radius 3 is 2.58 bits per heavy atom. The van der Waals surface area contributed by atoms with Gasteiger partial charge in [-0.05, 0) is 32.9 Å². The molecular weight excluding hydrogens is 250 g/mol. The van der Waals surface area contributed by atoms with E-state index in [9.17, 15) is 14.9 Å². The van der Waals surface area contributed by atoms with E-state index in [1.165, 1.54) is 13.2 Å². The highest BCUT2D eigenvalue weighted by molar-refractivity contribution is 5.75. The van der Waals surface area contributed by atoms with Gasteiger partial charge in [0.2, 0.25) is 0 Å². The molecule has 0 aliphatic carbocycles. The van der Waals surface area contributed by atoms with Crippen LogP contribution in [0.25, 0.3) is 0 Å². The van der Waals surface area contributed by atoms with Crippen LogP contribution in [0.15, 0.2) is 18.2 Å². The van der Waals surface area contributed by atoms with Crippen molar-refractivity contribution in [2.24, 2.45) is 5.41 Å². The first-order chi connectivity index (χ1) is 8.77. The lowest BCUT2D eigenvalue weighted by Gasteiger charge is -2.21. The Hall–Kier alpha value is -2.11. The standard InChI is InChI=1S/C13H17NO5/c1-9-5-6-10(7-11(9)14(16)17)19-8-13(2,3)12(15)18-4/h5-7H,8H2,1-4H3. The summed E-state index contributed by atoms with van der Waals surface area (Å²) in [6, 6.07) is 4.59. The average Bonchev–Trinajstić information content (AvgIpc) is 2.36. The molecular formula is C13H17NO5. The molecule has 1 aromatic carbocycles. The molecule has 19 heavy (non-hydrogen) atoms. The Labute approximate surface area is 111 Å². The van der Waals surface area contributed by atoms with Crippen molar-refractivity contribution in [2.45, 2.75) is 20.8 Å². The summed E-state index contributed by atoms with van der Waals surface area (Å²) in [7, 11) is 1.31. The zero-order chi connectivity index (χ0) is 14.6. The van der Waals surface area contributed by atoms with Gasteiger partial charge in [-0.15, -0.1) is 0 Å². The summed E-state index contributed by atoms with van der Waals surface area (Å²) in [6.45, 7) is 5.10. The maximum absolute atomic E-state index is 11.5. The first kappa shape index (κ1) is 14.9. The number of hydrogen-bond donors (Lipinski definition) is 0. The van der Waals surface area contributed by atoms with E-state index in [2.05, 4.69) is 4.74 Å². The van der Waals surface area contributed by atoms with Crippen LogP contribution in [0, 0.1) is 22.5 Å². The van der Waals surface area contributed by atoms with Crippen molar-refractivity contribution in [3.8, 4) is 5.75 Å². The molecule has 0 saturated carbocycles. The van der Waals surface area contributed by atoms with E-state index in [4.69, 9.17) is 4.74 Å². The molecule has 0 N–H and O–H groups in total. The second kappa shape index (κ2) is 5.69. The van der Waals surface area contributed by atoms with Gasteiger partial charge in [0.15, 0.2) is 0 Å². The number of nitrogens with zero attached hydrogens (tertiary/aromatic N) is 1. The molecule has 1 rings (SSSR count). The predicted octanol–water partition coefficient (Wildman–Crippen LogP) is 2.48. The van der Waals surface area contributed by atoms with Gasteiger partial charge in [0.25, 0.3) is 5.69 Å². The van der Waals surface area contributed by atoms with Crippen molar-refractivity contribution in [2.75, 3.05) is 13.7 Å². The number of methoxy groups -OCH3 is 1. The van der Waals surface area contributed by atoms with Gasteiger partial charge in [-0.1, -0.05) is 0 Å². The third-order valence-electron chi connectivity index (χ3n) is 2.71. The van der Waals surface area contributed by atoms with Crippen molar-refractivity contribution in [1.82, 2.24) is 0 Å². The van der Waals surface area contributed by atoms with E-state index in [1.54, 1.807) is 32.9 Å². The van der Waals surface area contributed by atoms with Gasteiger partial charge in [-0.2, -0.15) is 0 Å². The lowest BCUT2D eigenvalue weighted by molar-refractivity contribution is -0.385. The zero-order valence-electron chi connectivity index (χ0n) is 11.4. The molecule has 0 aliphatic heterocycles. The minimum atomic E-state index is -0.811. The average molecular weight is 267 g/mol. The van der Waals surface area contributed by atoms with Gasteiger partial charge in [0, 0.05) is 5.56 Å². The molecule has 6 heteroatoms. The zero-order valence-corrected chi connectivity index (χ0v) is 11.4. The molecule has 0 radical (unpaired) electrons. The van der Waals surface area contributed by atoms with Crippen molar-refractivity contribution in [3.05, 3.63) is 33.9 Å². The Bertz CT molecular complexity index is 496. The lowest BCUT2D eigenvalue weighted by atomic mass is 9.95. The smallest absolute Gasteiger partial charge is 0.314 e. The number of hydrogen-bond acceptors (Lipinski definition) is 5. The lowest BCUT2D eigenvalue weighted by Crippen LogP contribution is -2.32. The summed E-state index contributed by atoms with van der Waals surface area (Å²) in [5.74, 6) is -0.0385. The van der Waals surface area contributed by atoms with Gasteiger partial charge >= 0.3 is 5.97 Å². The Morgan fingerprint density at radius 1 is 1.42 bits per heavy atom. The Kier molecular flexibility index (Phi) is 4.47. The maximum atomic E-state index is 11.5. The fraction of sp³-hybridized carbons (Fsp3) is 0.462. The molecule has 0 aromatic heterocycles. The topological polar surface area (TPSA) is 78.7 Å². The van der Waals surface area contributed by atoms with Crippen LogP contribution in [0.5, 0.6) is 5.75 Å². The third kappa shape index (κ3) is 3.67. The molecule has 0 aliphatic rings. The molecule has 0 atom stereocenters. The minimum Gasteiger partial charge on any atom is -0.492 e. The number of benzene rings is 1. The molecule has 0 amide bonds.